The smallest absolute Gasteiger partial charge is 0.0582 e. The number of aliphatic hydroxyl groups is 1. The Labute approximate surface area is 93.5 Å². The highest BCUT2D eigenvalue weighted by Crippen LogP contribution is 2.16. The molecule has 0 amide bonds. The number of benzene rings is 1. The fraction of sp³-hybridized carbons (Fsp3) is 0.455. The summed E-state index contributed by atoms with van der Waals surface area (Å²) in [4.78, 5) is 0. The molecular formula is C11H16BrNO. The number of halogens is 1. The lowest BCUT2D eigenvalue weighted by Crippen LogP contribution is -2.31. The average molecular weight is 258 g/mol. The summed E-state index contributed by atoms with van der Waals surface area (Å²) < 4.78 is 1.09. The van der Waals surface area contributed by atoms with Gasteiger partial charge in [0.2, 0.25) is 0 Å². The molecule has 0 aromatic heterocycles. The lowest BCUT2D eigenvalue weighted by atomic mass is 10.1. The SMILES string of the molecule is CC(CO)NC(C)c1ccc(Br)cc1. The van der Waals surface area contributed by atoms with Crippen molar-refractivity contribution in [2.24, 2.45) is 0 Å². The van der Waals surface area contributed by atoms with Crippen molar-refractivity contribution < 1.29 is 5.11 Å². The van der Waals surface area contributed by atoms with E-state index in [1.807, 2.05) is 19.1 Å². The monoisotopic (exact) mass is 257 g/mol. The third kappa shape index (κ3) is 3.40. The van der Waals surface area contributed by atoms with Gasteiger partial charge in [0.25, 0.3) is 0 Å². The van der Waals surface area contributed by atoms with Crippen molar-refractivity contribution >= 4 is 15.9 Å². The van der Waals surface area contributed by atoms with E-state index in [0.717, 1.165) is 4.47 Å². The zero-order valence-corrected chi connectivity index (χ0v) is 10.1. The summed E-state index contributed by atoms with van der Waals surface area (Å²) in [5.41, 5.74) is 1.23. The summed E-state index contributed by atoms with van der Waals surface area (Å²) in [5, 5.41) is 12.2. The minimum atomic E-state index is 0.133. The highest BCUT2D eigenvalue weighted by molar-refractivity contribution is 9.10. The molecule has 1 rings (SSSR count). The number of hydrogen-bond acceptors (Lipinski definition) is 2. The molecule has 0 saturated carbocycles. The molecule has 0 aliphatic carbocycles. The van der Waals surface area contributed by atoms with Gasteiger partial charge in [-0.1, -0.05) is 28.1 Å². The molecule has 3 heteroatoms. The zero-order valence-electron chi connectivity index (χ0n) is 8.50. The predicted molar refractivity (Wildman–Crippen MR) is 62.2 cm³/mol. The van der Waals surface area contributed by atoms with Crippen LogP contribution in [0.1, 0.15) is 25.5 Å². The maximum atomic E-state index is 8.90. The van der Waals surface area contributed by atoms with Crippen molar-refractivity contribution in [1.29, 1.82) is 0 Å². The quantitative estimate of drug-likeness (QED) is 0.869. The molecule has 78 valence electrons. The second-order valence-electron chi connectivity index (χ2n) is 3.52. The van der Waals surface area contributed by atoms with Gasteiger partial charge in [0.1, 0.15) is 0 Å². The van der Waals surface area contributed by atoms with Gasteiger partial charge in [0.15, 0.2) is 0 Å². The van der Waals surface area contributed by atoms with E-state index in [-0.39, 0.29) is 18.7 Å². The van der Waals surface area contributed by atoms with E-state index < -0.39 is 0 Å². The van der Waals surface area contributed by atoms with Crippen LogP contribution in [0.5, 0.6) is 0 Å². The third-order valence-electron chi connectivity index (χ3n) is 2.18. The Bertz CT molecular complexity index is 273. The van der Waals surface area contributed by atoms with Gasteiger partial charge in [0, 0.05) is 16.6 Å². The van der Waals surface area contributed by atoms with E-state index in [2.05, 4.69) is 40.3 Å². The Balaban J connectivity index is 2.60. The van der Waals surface area contributed by atoms with E-state index in [4.69, 9.17) is 5.11 Å². The Morgan fingerprint density at radius 2 is 1.86 bits per heavy atom. The van der Waals surface area contributed by atoms with E-state index in [1.165, 1.54) is 5.56 Å². The molecule has 2 unspecified atom stereocenters. The molecule has 1 aromatic carbocycles. The first kappa shape index (κ1) is 11.7. The van der Waals surface area contributed by atoms with Crippen molar-refractivity contribution in [2.75, 3.05) is 6.61 Å². The van der Waals surface area contributed by atoms with Crippen molar-refractivity contribution in [3.63, 3.8) is 0 Å². The molecule has 2 nitrogen and oxygen atoms in total. The van der Waals surface area contributed by atoms with Crippen LogP contribution < -0.4 is 5.32 Å². The molecule has 0 fully saturated rings. The van der Waals surface area contributed by atoms with Crippen LogP contribution in [0, 0.1) is 0 Å². The summed E-state index contributed by atoms with van der Waals surface area (Å²) in [6, 6.07) is 8.60. The second kappa shape index (κ2) is 5.49. The van der Waals surface area contributed by atoms with Gasteiger partial charge in [-0.05, 0) is 31.5 Å². The standard InChI is InChI=1S/C11H16BrNO/c1-8(7-14)13-9(2)10-3-5-11(12)6-4-10/h3-6,8-9,13-14H,7H2,1-2H3. The van der Waals surface area contributed by atoms with Crippen LogP contribution in [0.15, 0.2) is 28.7 Å². The lowest BCUT2D eigenvalue weighted by Gasteiger charge is -2.18. The summed E-state index contributed by atoms with van der Waals surface area (Å²) >= 11 is 3.40. The summed E-state index contributed by atoms with van der Waals surface area (Å²) in [7, 11) is 0. The molecular weight excluding hydrogens is 242 g/mol. The van der Waals surface area contributed by atoms with Crippen molar-refractivity contribution in [1.82, 2.24) is 5.32 Å². The van der Waals surface area contributed by atoms with Crippen molar-refractivity contribution in [3.05, 3.63) is 34.3 Å². The molecule has 2 N–H and O–H groups in total. The Hall–Kier alpha value is -0.380. The van der Waals surface area contributed by atoms with E-state index >= 15 is 0 Å². The molecule has 1 aromatic rings. The summed E-state index contributed by atoms with van der Waals surface area (Å²) in [6.45, 7) is 4.23. The highest BCUT2D eigenvalue weighted by atomic mass is 79.9. The van der Waals surface area contributed by atoms with Crippen molar-refractivity contribution in [2.45, 2.75) is 25.9 Å². The van der Waals surface area contributed by atoms with Gasteiger partial charge in [-0.2, -0.15) is 0 Å². The van der Waals surface area contributed by atoms with Crippen molar-refractivity contribution in [3.8, 4) is 0 Å². The fourth-order valence-corrected chi connectivity index (χ4v) is 1.59. The maximum absolute atomic E-state index is 8.90. The van der Waals surface area contributed by atoms with Gasteiger partial charge < -0.3 is 10.4 Å². The second-order valence-corrected chi connectivity index (χ2v) is 4.44. The number of hydrogen-bond donors (Lipinski definition) is 2. The zero-order chi connectivity index (χ0) is 10.6. The Morgan fingerprint density at radius 1 is 1.29 bits per heavy atom. The molecule has 0 bridgehead atoms. The van der Waals surface area contributed by atoms with Crippen LogP contribution in [0.2, 0.25) is 0 Å². The molecule has 0 spiro atoms. The summed E-state index contributed by atoms with van der Waals surface area (Å²) in [5.74, 6) is 0. The van der Waals surface area contributed by atoms with Crippen LogP contribution in [0.4, 0.5) is 0 Å². The van der Waals surface area contributed by atoms with Crippen LogP contribution >= 0.6 is 15.9 Å². The normalized spacial score (nSPS) is 15.1. The third-order valence-corrected chi connectivity index (χ3v) is 2.71. The van der Waals surface area contributed by atoms with E-state index in [9.17, 15) is 0 Å². The molecule has 0 radical (unpaired) electrons. The first-order valence-corrected chi connectivity index (χ1v) is 5.55. The fourth-order valence-electron chi connectivity index (χ4n) is 1.33. The average Bonchev–Trinajstić information content (AvgIpc) is 2.18. The molecule has 14 heavy (non-hydrogen) atoms. The number of aliphatic hydroxyl groups excluding tert-OH is 1. The topological polar surface area (TPSA) is 32.3 Å². The molecule has 0 heterocycles. The molecule has 0 saturated heterocycles. The highest BCUT2D eigenvalue weighted by Gasteiger charge is 2.07. The van der Waals surface area contributed by atoms with Crippen LogP contribution in [0.3, 0.4) is 0 Å². The Morgan fingerprint density at radius 3 is 2.36 bits per heavy atom. The maximum Gasteiger partial charge on any atom is 0.0582 e. The first-order chi connectivity index (χ1) is 6.63. The van der Waals surface area contributed by atoms with Crippen LogP contribution in [0.25, 0.3) is 0 Å². The molecule has 2 atom stereocenters. The predicted octanol–water partition coefficient (Wildman–Crippen LogP) is 2.48. The minimum Gasteiger partial charge on any atom is -0.395 e. The minimum absolute atomic E-state index is 0.133. The Kier molecular flexibility index (Phi) is 4.58. The van der Waals surface area contributed by atoms with E-state index in [0.29, 0.717) is 0 Å². The largest absolute Gasteiger partial charge is 0.395 e. The first-order valence-electron chi connectivity index (χ1n) is 4.76. The van der Waals surface area contributed by atoms with Crippen LogP contribution in [-0.4, -0.2) is 17.8 Å². The van der Waals surface area contributed by atoms with Gasteiger partial charge in [-0.25, -0.2) is 0 Å². The summed E-state index contributed by atoms with van der Waals surface area (Å²) in [6.07, 6.45) is 0. The number of nitrogens with one attached hydrogen (secondary N) is 1. The molecule has 0 aliphatic heterocycles. The van der Waals surface area contributed by atoms with E-state index in [1.54, 1.807) is 0 Å². The lowest BCUT2D eigenvalue weighted by molar-refractivity contribution is 0.243. The molecule has 0 aliphatic rings. The van der Waals surface area contributed by atoms with Gasteiger partial charge in [-0.15, -0.1) is 0 Å². The van der Waals surface area contributed by atoms with Gasteiger partial charge in [-0.3, -0.25) is 0 Å². The number of rotatable bonds is 4. The van der Waals surface area contributed by atoms with Gasteiger partial charge in [0.05, 0.1) is 6.61 Å². The van der Waals surface area contributed by atoms with Gasteiger partial charge >= 0.3 is 0 Å². The van der Waals surface area contributed by atoms with Crippen LogP contribution in [-0.2, 0) is 0 Å².